The second kappa shape index (κ2) is 2.97. The molecule has 0 rings (SSSR count). The lowest BCUT2D eigenvalue weighted by Crippen LogP contribution is -1.82. The Hall–Kier alpha value is -1.24. The number of ether oxygens (including phenoxy) is 1. The first-order chi connectivity index (χ1) is 3.31. The molecule has 38 valence electrons. The molecule has 0 heterocycles. The molecule has 0 spiro atoms. The summed E-state index contributed by atoms with van der Waals surface area (Å²) in [5.41, 5.74) is 7.62. The van der Waals surface area contributed by atoms with Crippen molar-refractivity contribution < 1.29 is 14.6 Å². The SMILES string of the molecule is COC(O)=C=[N+]=[N-]. The third-order valence-electron chi connectivity index (χ3n) is 0.339. The second-order valence-electron chi connectivity index (χ2n) is 0.721. The predicted molar refractivity (Wildman–Crippen MR) is 21.8 cm³/mol. The third kappa shape index (κ3) is 2.56. The molecule has 0 radical (unpaired) electrons. The Morgan fingerprint density at radius 1 is 2.00 bits per heavy atom. The van der Waals surface area contributed by atoms with Crippen molar-refractivity contribution in [2.45, 2.75) is 0 Å². The summed E-state index contributed by atoms with van der Waals surface area (Å²) in [7, 11) is 1.23. The number of hydrogen-bond acceptors (Lipinski definition) is 2. The maximum atomic E-state index is 8.19. The van der Waals surface area contributed by atoms with E-state index in [1.54, 1.807) is 5.87 Å². The molecule has 1 N–H and O–H groups in total. The van der Waals surface area contributed by atoms with Gasteiger partial charge in [-0.2, -0.15) is 0 Å². The van der Waals surface area contributed by atoms with Crippen molar-refractivity contribution in [3.8, 4) is 0 Å². The lowest BCUT2D eigenvalue weighted by Gasteiger charge is -1.81. The molecular weight excluding hydrogens is 96.0 g/mol. The van der Waals surface area contributed by atoms with Crippen molar-refractivity contribution >= 4 is 5.87 Å². The standard InChI is InChI=1S/C3H4N2O2/c1-7-3(6)2-5-4/h6H,1H3. The first kappa shape index (κ1) is 5.76. The van der Waals surface area contributed by atoms with E-state index in [0.717, 1.165) is 0 Å². The van der Waals surface area contributed by atoms with Gasteiger partial charge in [0.05, 0.1) is 7.11 Å². The monoisotopic (exact) mass is 100 g/mol. The number of rotatable bonds is 1. The predicted octanol–water partition coefficient (Wildman–Crippen LogP) is -0.0683. The molecule has 0 fully saturated rings. The molecule has 0 atom stereocenters. The van der Waals surface area contributed by atoms with Crippen molar-refractivity contribution in [2.24, 2.45) is 0 Å². The molecule has 0 aliphatic heterocycles. The molecule has 0 aliphatic rings. The van der Waals surface area contributed by atoms with Gasteiger partial charge in [-0.3, -0.25) is 0 Å². The Morgan fingerprint density at radius 3 is 2.71 bits per heavy atom. The first-order valence-corrected chi connectivity index (χ1v) is 1.51. The van der Waals surface area contributed by atoms with E-state index in [9.17, 15) is 0 Å². The molecular formula is C3H4N2O2. The van der Waals surface area contributed by atoms with Gasteiger partial charge >= 0.3 is 11.8 Å². The van der Waals surface area contributed by atoms with Crippen molar-refractivity contribution in [3.05, 3.63) is 11.5 Å². The summed E-state index contributed by atoms with van der Waals surface area (Å²) in [4.78, 5) is 2.34. The van der Waals surface area contributed by atoms with Crippen LogP contribution in [0.5, 0.6) is 0 Å². The molecule has 0 saturated heterocycles. The fraction of sp³-hybridized carbons (Fsp3) is 0.333. The zero-order valence-electron chi connectivity index (χ0n) is 3.75. The highest BCUT2D eigenvalue weighted by Crippen LogP contribution is 1.73. The quantitative estimate of drug-likeness (QED) is 0.217. The van der Waals surface area contributed by atoms with Crippen LogP contribution in [0, 0.1) is 0 Å². The number of nitrogens with zero attached hydrogens (tertiary/aromatic N) is 2. The highest BCUT2D eigenvalue weighted by Gasteiger charge is 1.85. The van der Waals surface area contributed by atoms with Crippen LogP contribution in [0.2, 0.25) is 0 Å². The zero-order valence-corrected chi connectivity index (χ0v) is 3.75. The van der Waals surface area contributed by atoms with Crippen LogP contribution in [0.3, 0.4) is 0 Å². The number of methoxy groups -OCH3 is 1. The van der Waals surface area contributed by atoms with Crippen LogP contribution in [-0.2, 0) is 4.74 Å². The third-order valence-corrected chi connectivity index (χ3v) is 0.339. The van der Waals surface area contributed by atoms with Gasteiger partial charge in [-0.1, -0.05) is 0 Å². The summed E-state index contributed by atoms with van der Waals surface area (Å²) in [5.74, 6) is 1.19. The van der Waals surface area contributed by atoms with E-state index < -0.39 is 5.95 Å². The molecule has 0 aromatic carbocycles. The second-order valence-corrected chi connectivity index (χ2v) is 0.721. The maximum Gasteiger partial charge on any atom is 0.410 e. The van der Waals surface area contributed by atoms with Crippen LogP contribution < -0.4 is 0 Å². The van der Waals surface area contributed by atoms with Crippen LogP contribution in [0.4, 0.5) is 0 Å². The van der Waals surface area contributed by atoms with Gasteiger partial charge in [0.25, 0.3) is 0 Å². The van der Waals surface area contributed by atoms with Crippen LogP contribution in [0.25, 0.3) is 5.53 Å². The molecule has 7 heavy (non-hydrogen) atoms. The molecule has 4 nitrogen and oxygen atoms in total. The normalized spacial score (nSPS) is 5.86. The summed E-state index contributed by atoms with van der Waals surface area (Å²) in [6.07, 6.45) is 0. The minimum atomic E-state index is -0.539. The summed E-state index contributed by atoms with van der Waals surface area (Å²) < 4.78 is 4.10. The van der Waals surface area contributed by atoms with E-state index in [1.165, 1.54) is 7.11 Å². The van der Waals surface area contributed by atoms with E-state index in [1.807, 2.05) is 0 Å². The minimum absolute atomic E-state index is 0.539. The Labute approximate surface area is 40.3 Å². The van der Waals surface area contributed by atoms with E-state index in [-0.39, 0.29) is 0 Å². The van der Waals surface area contributed by atoms with Gasteiger partial charge in [-0.05, 0) is 0 Å². The smallest absolute Gasteiger partial charge is 0.410 e. The van der Waals surface area contributed by atoms with Gasteiger partial charge in [0.2, 0.25) is 0 Å². The van der Waals surface area contributed by atoms with Crippen LogP contribution in [-0.4, -0.2) is 22.9 Å². The van der Waals surface area contributed by atoms with Crippen LogP contribution in [0.1, 0.15) is 0 Å². The van der Waals surface area contributed by atoms with Crippen molar-refractivity contribution in [2.75, 3.05) is 7.11 Å². The molecule has 0 aromatic rings. The number of hydrogen-bond donors (Lipinski definition) is 1. The molecule has 0 aliphatic carbocycles. The molecule has 4 heteroatoms. The van der Waals surface area contributed by atoms with Crippen LogP contribution in [0.15, 0.2) is 5.95 Å². The van der Waals surface area contributed by atoms with Gasteiger partial charge in [0.1, 0.15) is 0 Å². The molecule has 0 aromatic heterocycles. The van der Waals surface area contributed by atoms with Gasteiger partial charge in [0, 0.05) is 0 Å². The Morgan fingerprint density at radius 2 is 2.57 bits per heavy atom. The largest absolute Gasteiger partial charge is 0.470 e. The summed E-state index contributed by atoms with van der Waals surface area (Å²) in [6, 6.07) is 0. The van der Waals surface area contributed by atoms with Gasteiger partial charge in [-0.25, -0.2) is 0 Å². The fourth-order valence-electron chi connectivity index (χ4n) is 0.0884. The minimum Gasteiger partial charge on any atom is -0.470 e. The lowest BCUT2D eigenvalue weighted by molar-refractivity contribution is -0.000514. The Balaban J connectivity index is 4.01. The topological polar surface area (TPSA) is 65.9 Å². The summed E-state index contributed by atoms with van der Waals surface area (Å²) in [6.45, 7) is 0. The van der Waals surface area contributed by atoms with Crippen LogP contribution >= 0.6 is 0 Å². The van der Waals surface area contributed by atoms with Crippen molar-refractivity contribution in [3.63, 3.8) is 0 Å². The van der Waals surface area contributed by atoms with E-state index in [2.05, 4.69) is 9.53 Å². The highest BCUT2D eigenvalue weighted by molar-refractivity contribution is 5.45. The average Bonchev–Trinajstić information content (AvgIpc) is 1.68. The molecule has 0 saturated carbocycles. The Bertz CT molecular complexity index is 130. The first-order valence-electron chi connectivity index (χ1n) is 1.51. The molecule has 0 amide bonds. The van der Waals surface area contributed by atoms with E-state index in [0.29, 0.717) is 0 Å². The van der Waals surface area contributed by atoms with E-state index in [4.69, 9.17) is 10.6 Å². The Kier molecular flexibility index (Phi) is 2.44. The number of aliphatic hydroxyl groups excluding tert-OH is 1. The summed E-state index contributed by atoms with van der Waals surface area (Å²) >= 11 is 0. The van der Waals surface area contributed by atoms with Crippen molar-refractivity contribution in [1.82, 2.24) is 0 Å². The van der Waals surface area contributed by atoms with Gasteiger partial charge in [0.15, 0.2) is 0 Å². The highest BCUT2D eigenvalue weighted by atomic mass is 16.6. The molecule has 0 unspecified atom stereocenters. The fourth-order valence-corrected chi connectivity index (χ4v) is 0.0884. The lowest BCUT2D eigenvalue weighted by atomic mass is 11.0. The van der Waals surface area contributed by atoms with Gasteiger partial charge in [-0.15, -0.1) is 4.79 Å². The summed E-state index contributed by atoms with van der Waals surface area (Å²) in [5, 5.41) is 8.19. The number of aliphatic hydroxyl groups is 1. The van der Waals surface area contributed by atoms with E-state index >= 15 is 0 Å². The molecule has 0 bridgehead atoms. The van der Waals surface area contributed by atoms with Gasteiger partial charge < -0.3 is 15.4 Å². The maximum absolute atomic E-state index is 8.19. The zero-order chi connectivity index (χ0) is 5.70. The average molecular weight is 100 g/mol. The van der Waals surface area contributed by atoms with Crippen molar-refractivity contribution in [1.29, 1.82) is 0 Å².